The highest BCUT2D eigenvalue weighted by Gasteiger charge is 2.27. The van der Waals surface area contributed by atoms with E-state index in [9.17, 15) is 13.6 Å². The minimum Gasteiger partial charge on any atom is -0.454 e. The molecule has 8 heteroatoms. The second-order valence-corrected chi connectivity index (χ2v) is 8.14. The first-order valence-corrected chi connectivity index (χ1v) is 10.9. The molecule has 0 bridgehead atoms. The van der Waals surface area contributed by atoms with Crippen LogP contribution in [0.15, 0.2) is 53.5 Å². The van der Waals surface area contributed by atoms with Gasteiger partial charge in [0.1, 0.15) is 11.6 Å². The molecule has 0 radical (unpaired) electrons. The minimum atomic E-state index is -0.788. The number of halogens is 2. The summed E-state index contributed by atoms with van der Waals surface area (Å²) in [6.45, 7) is 3.04. The van der Waals surface area contributed by atoms with Gasteiger partial charge in [0, 0.05) is 47.9 Å². The van der Waals surface area contributed by atoms with Crippen molar-refractivity contribution in [3.8, 4) is 22.6 Å². The molecule has 0 unspecified atom stereocenters. The Morgan fingerprint density at radius 1 is 1.13 bits per heavy atom. The van der Waals surface area contributed by atoms with Crippen LogP contribution in [0.5, 0.6) is 11.5 Å². The Morgan fingerprint density at radius 3 is 2.48 bits per heavy atom. The average molecular weight is 445 g/mol. The van der Waals surface area contributed by atoms with Crippen LogP contribution in [0.1, 0.15) is 5.56 Å². The monoisotopic (exact) mass is 444 g/mol. The van der Waals surface area contributed by atoms with Gasteiger partial charge in [-0.05, 0) is 43.3 Å². The lowest BCUT2D eigenvalue weighted by Gasteiger charge is -2.37. The van der Waals surface area contributed by atoms with E-state index in [0.29, 0.717) is 30.1 Å². The van der Waals surface area contributed by atoms with Crippen LogP contribution in [0.3, 0.4) is 0 Å². The van der Waals surface area contributed by atoms with Gasteiger partial charge >= 0.3 is 0 Å². The highest BCUT2D eigenvalue weighted by molar-refractivity contribution is 8.00. The summed E-state index contributed by atoms with van der Waals surface area (Å²) in [4.78, 5) is 12.2. The second kappa shape index (κ2) is 8.72. The fourth-order valence-corrected chi connectivity index (χ4v) is 4.24. The molecule has 5 nitrogen and oxygen atoms in total. The van der Waals surface area contributed by atoms with Crippen LogP contribution >= 0.6 is 11.9 Å². The first kappa shape index (κ1) is 21.4. The number of benzene rings is 2. The van der Waals surface area contributed by atoms with E-state index >= 15 is 0 Å². The van der Waals surface area contributed by atoms with E-state index in [1.807, 2.05) is 18.4 Å². The predicted molar refractivity (Wildman–Crippen MR) is 119 cm³/mol. The maximum atomic E-state index is 14.2. The highest BCUT2D eigenvalue weighted by atomic mass is 32.2. The summed E-state index contributed by atoms with van der Waals surface area (Å²) in [6, 6.07) is 10.8. The van der Waals surface area contributed by atoms with Gasteiger partial charge in [-0.1, -0.05) is 11.9 Å². The molecule has 0 saturated carbocycles. The Bertz CT molecular complexity index is 1150. The van der Waals surface area contributed by atoms with E-state index < -0.39 is 11.6 Å². The molecule has 0 aliphatic carbocycles. The van der Waals surface area contributed by atoms with Crippen molar-refractivity contribution in [1.29, 1.82) is 0 Å². The molecule has 1 aliphatic heterocycles. The Morgan fingerprint density at radius 2 is 1.87 bits per heavy atom. The number of hydrogen-bond donors (Lipinski definition) is 0. The SMILES string of the molecule is CSN(c1ccc(Oc2ccc(F)cc2F)c(-c2cc(C)c(=O)n(C)c2)c1)C1COC1. The lowest BCUT2D eigenvalue weighted by molar-refractivity contribution is 0.0153. The maximum Gasteiger partial charge on any atom is 0.253 e. The van der Waals surface area contributed by atoms with Crippen LogP contribution in [0, 0.1) is 18.6 Å². The molecule has 1 saturated heterocycles. The molecular formula is C23H22F2N2O3S. The lowest BCUT2D eigenvalue weighted by atomic mass is 10.0. The van der Waals surface area contributed by atoms with Gasteiger partial charge in [0.15, 0.2) is 11.6 Å². The summed E-state index contributed by atoms with van der Waals surface area (Å²) < 4.78 is 42.4. The van der Waals surface area contributed by atoms with Crippen LogP contribution in [0.4, 0.5) is 14.5 Å². The molecule has 0 spiro atoms. The van der Waals surface area contributed by atoms with Crippen LogP contribution in [-0.4, -0.2) is 30.1 Å². The standard InChI is InChI=1S/C23H22F2N2O3S/c1-14-8-15(11-26(2)23(14)28)19-10-17(27(31-3)18-12-29-13-18)5-7-21(19)30-22-6-4-16(24)9-20(22)25/h4-11,18H,12-13H2,1-3H3. The van der Waals surface area contributed by atoms with Crippen LogP contribution < -0.4 is 14.6 Å². The fourth-order valence-electron chi connectivity index (χ4n) is 3.50. The third-order valence-corrected chi connectivity index (χ3v) is 6.06. The van der Waals surface area contributed by atoms with Crippen LogP contribution in [0.2, 0.25) is 0 Å². The molecule has 4 rings (SSSR count). The van der Waals surface area contributed by atoms with E-state index in [1.54, 1.807) is 44.2 Å². The Kier molecular flexibility index (Phi) is 6.02. The lowest BCUT2D eigenvalue weighted by Crippen LogP contribution is -2.45. The van der Waals surface area contributed by atoms with Gasteiger partial charge in [-0.2, -0.15) is 0 Å². The zero-order valence-corrected chi connectivity index (χ0v) is 18.2. The first-order chi connectivity index (χ1) is 14.9. The van der Waals surface area contributed by atoms with Crippen molar-refractivity contribution in [2.24, 2.45) is 7.05 Å². The van der Waals surface area contributed by atoms with Gasteiger partial charge in [-0.15, -0.1) is 0 Å². The summed E-state index contributed by atoms with van der Waals surface area (Å²) in [6.07, 6.45) is 3.71. The second-order valence-electron chi connectivity index (χ2n) is 7.38. The first-order valence-electron chi connectivity index (χ1n) is 9.73. The van der Waals surface area contributed by atoms with Crippen molar-refractivity contribution < 1.29 is 18.3 Å². The summed E-state index contributed by atoms with van der Waals surface area (Å²) in [5.41, 5.74) is 2.88. The van der Waals surface area contributed by atoms with Gasteiger partial charge in [0.2, 0.25) is 0 Å². The number of anilines is 1. The quantitative estimate of drug-likeness (QED) is 0.505. The Balaban J connectivity index is 1.82. The van der Waals surface area contributed by atoms with Crippen LogP contribution in [-0.2, 0) is 11.8 Å². The van der Waals surface area contributed by atoms with Gasteiger partial charge < -0.3 is 18.3 Å². The minimum absolute atomic E-state index is 0.0777. The number of aryl methyl sites for hydroxylation is 2. The third-order valence-electron chi connectivity index (χ3n) is 5.15. The molecule has 162 valence electrons. The Labute approximate surface area is 183 Å². The zero-order valence-electron chi connectivity index (χ0n) is 17.4. The molecular weight excluding hydrogens is 422 g/mol. The molecule has 31 heavy (non-hydrogen) atoms. The average Bonchev–Trinajstić information content (AvgIpc) is 2.70. The molecule has 0 amide bonds. The number of pyridine rings is 1. The van der Waals surface area contributed by atoms with Crippen molar-refractivity contribution in [1.82, 2.24) is 4.57 Å². The van der Waals surface area contributed by atoms with E-state index in [1.165, 1.54) is 10.6 Å². The van der Waals surface area contributed by atoms with E-state index in [0.717, 1.165) is 23.4 Å². The summed E-state index contributed by atoms with van der Waals surface area (Å²) in [7, 11) is 1.68. The van der Waals surface area contributed by atoms with E-state index in [-0.39, 0.29) is 17.4 Å². The normalized spacial score (nSPS) is 13.7. The largest absolute Gasteiger partial charge is 0.454 e. The maximum absolute atomic E-state index is 14.2. The number of ether oxygens (including phenoxy) is 2. The Hall–Kier alpha value is -2.84. The van der Waals surface area contributed by atoms with Gasteiger partial charge in [0.05, 0.1) is 19.3 Å². The van der Waals surface area contributed by atoms with Crippen molar-refractivity contribution in [2.45, 2.75) is 13.0 Å². The number of aromatic nitrogens is 1. The molecule has 1 aliphatic rings. The van der Waals surface area contributed by atoms with Crippen LogP contribution in [0.25, 0.3) is 11.1 Å². The summed E-state index contributed by atoms with van der Waals surface area (Å²) in [5, 5.41) is 0. The summed E-state index contributed by atoms with van der Waals surface area (Å²) >= 11 is 1.59. The number of rotatable bonds is 6. The zero-order chi connectivity index (χ0) is 22.1. The smallest absolute Gasteiger partial charge is 0.253 e. The number of hydrogen-bond acceptors (Lipinski definition) is 5. The van der Waals surface area contributed by atoms with E-state index in [4.69, 9.17) is 9.47 Å². The van der Waals surface area contributed by atoms with Crippen molar-refractivity contribution >= 4 is 17.6 Å². The van der Waals surface area contributed by atoms with Crippen molar-refractivity contribution in [2.75, 3.05) is 23.8 Å². The number of nitrogens with zero attached hydrogens (tertiary/aromatic N) is 2. The molecule has 0 atom stereocenters. The van der Waals surface area contributed by atoms with Crippen molar-refractivity contribution in [3.63, 3.8) is 0 Å². The summed E-state index contributed by atoms with van der Waals surface area (Å²) in [5.74, 6) is -1.14. The van der Waals surface area contributed by atoms with Crippen molar-refractivity contribution in [3.05, 3.63) is 76.2 Å². The molecule has 2 aromatic carbocycles. The molecule has 1 aromatic heterocycles. The molecule has 0 N–H and O–H groups in total. The highest BCUT2D eigenvalue weighted by Crippen LogP contribution is 2.39. The third kappa shape index (κ3) is 4.31. The van der Waals surface area contributed by atoms with Gasteiger partial charge in [-0.25, -0.2) is 8.78 Å². The van der Waals surface area contributed by atoms with E-state index in [2.05, 4.69) is 4.31 Å². The fraction of sp³-hybridized carbons (Fsp3) is 0.261. The molecule has 1 fully saturated rings. The van der Waals surface area contributed by atoms with Gasteiger partial charge in [0.25, 0.3) is 5.56 Å². The molecule has 3 aromatic rings. The topological polar surface area (TPSA) is 43.7 Å². The van der Waals surface area contributed by atoms with Gasteiger partial charge in [-0.3, -0.25) is 4.79 Å². The molecule has 2 heterocycles. The predicted octanol–water partition coefficient (Wildman–Crippen LogP) is 4.91.